The summed E-state index contributed by atoms with van der Waals surface area (Å²) in [5.41, 5.74) is 0.784. The van der Waals surface area contributed by atoms with Gasteiger partial charge in [0.15, 0.2) is 0 Å². The second-order valence-electron chi connectivity index (χ2n) is 9.03. The third kappa shape index (κ3) is 35.4. The van der Waals surface area contributed by atoms with E-state index in [0.717, 1.165) is 38.5 Å². The molecule has 0 saturated carbocycles. The van der Waals surface area contributed by atoms with Gasteiger partial charge in [0.1, 0.15) is 0 Å². The van der Waals surface area contributed by atoms with Crippen LogP contribution in [0.4, 0.5) is 0 Å². The molecule has 0 aromatic rings. The Bertz CT molecular complexity index is 307. The van der Waals surface area contributed by atoms with Gasteiger partial charge in [0.25, 0.3) is 0 Å². The summed E-state index contributed by atoms with van der Waals surface area (Å²) < 4.78 is 0. The van der Waals surface area contributed by atoms with Crippen molar-refractivity contribution in [2.45, 2.75) is 106 Å². The van der Waals surface area contributed by atoms with E-state index in [0.29, 0.717) is 23.7 Å². The Morgan fingerprint density at radius 1 is 0.600 bits per heavy atom. The van der Waals surface area contributed by atoms with Crippen molar-refractivity contribution in [3.63, 3.8) is 0 Å². The number of hydrogen-bond donors (Lipinski definition) is 2. The Hall–Kier alpha value is -0.541. The van der Waals surface area contributed by atoms with Gasteiger partial charge in [-0.15, -0.1) is 0 Å². The van der Waals surface area contributed by atoms with Crippen molar-refractivity contribution in [2.24, 2.45) is 10.8 Å². The van der Waals surface area contributed by atoms with Gasteiger partial charge in [-0.05, 0) is 36.5 Å². The van der Waals surface area contributed by atoms with E-state index in [1.54, 1.807) is 0 Å². The molecule has 1 radical (unpaired) electrons. The Balaban J connectivity index is -0.000000372. The standard InChI is InChI=1S/2C10H20O2.Cu/c2*1-10(2,3)8-6-4-5-7-9(11)12;/h2*4-8H2,1-3H3,(H,11,12);. The van der Waals surface area contributed by atoms with Crippen LogP contribution in [0.5, 0.6) is 0 Å². The Morgan fingerprint density at radius 2 is 0.880 bits per heavy atom. The molecule has 0 amide bonds. The van der Waals surface area contributed by atoms with Crippen molar-refractivity contribution >= 4 is 11.9 Å². The molecule has 0 unspecified atom stereocenters. The summed E-state index contributed by atoms with van der Waals surface area (Å²) in [6, 6.07) is 0. The second kappa shape index (κ2) is 15.7. The molecule has 25 heavy (non-hydrogen) atoms. The minimum Gasteiger partial charge on any atom is -0.481 e. The molecule has 0 aromatic carbocycles. The summed E-state index contributed by atoms with van der Waals surface area (Å²) in [7, 11) is 0. The number of hydrogen-bond acceptors (Lipinski definition) is 2. The van der Waals surface area contributed by atoms with Gasteiger partial charge in [-0.25, -0.2) is 0 Å². The fourth-order valence-electron chi connectivity index (χ4n) is 2.22. The molecule has 0 aliphatic heterocycles. The molecule has 0 atom stereocenters. The molecule has 0 rings (SSSR count). The molecule has 5 heteroatoms. The van der Waals surface area contributed by atoms with Crippen LogP contribution in [0, 0.1) is 10.8 Å². The first-order chi connectivity index (χ1) is 10.8. The molecule has 0 bridgehead atoms. The largest absolute Gasteiger partial charge is 0.481 e. The molecule has 0 aliphatic rings. The van der Waals surface area contributed by atoms with Crippen molar-refractivity contribution < 1.29 is 36.9 Å². The van der Waals surface area contributed by atoms with Crippen LogP contribution >= 0.6 is 0 Å². The summed E-state index contributed by atoms with van der Waals surface area (Å²) in [6.07, 6.45) is 9.06. The van der Waals surface area contributed by atoms with Crippen LogP contribution in [-0.2, 0) is 26.7 Å². The number of rotatable bonds is 10. The molecule has 2 N–H and O–H groups in total. The van der Waals surface area contributed by atoms with E-state index < -0.39 is 11.9 Å². The molecule has 0 saturated heterocycles. The molecular weight excluding hydrogens is 368 g/mol. The molecule has 0 fully saturated rings. The van der Waals surface area contributed by atoms with Crippen LogP contribution in [-0.4, -0.2) is 22.2 Å². The van der Waals surface area contributed by atoms with Crippen LogP contribution in [0.3, 0.4) is 0 Å². The topological polar surface area (TPSA) is 74.6 Å². The van der Waals surface area contributed by atoms with Crippen LogP contribution in [0.25, 0.3) is 0 Å². The monoisotopic (exact) mass is 407 g/mol. The average molecular weight is 408 g/mol. The van der Waals surface area contributed by atoms with Crippen LogP contribution < -0.4 is 0 Å². The van der Waals surface area contributed by atoms with Crippen molar-refractivity contribution in [3.8, 4) is 0 Å². The number of carbonyl (C=O) groups is 2. The van der Waals surface area contributed by atoms with Gasteiger partial charge in [-0.2, -0.15) is 0 Å². The maximum atomic E-state index is 10.2. The van der Waals surface area contributed by atoms with Crippen molar-refractivity contribution in [1.82, 2.24) is 0 Å². The third-order valence-electron chi connectivity index (χ3n) is 3.63. The smallest absolute Gasteiger partial charge is 0.303 e. The van der Waals surface area contributed by atoms with Crippen molar-refractivity contribution in [1.29, 1.82) is 0 Å². The quantitative estimate of drug-likeness (QED) is 0.337. The van der Waals surface area contributed by atoms with Gasteiger partial charge < -0.3 is 10.2 Å². The van der Waals surface area contributed by atoms with Gasteiger partial charge in [0.05, 0.1) is 0 Å². The fourth-order valence-corrected chi connectivity index (χ4v) is 2.22. The zero-order chi connectivity index (χ0) is 19.2. The number of unbranched alkanes of at least 4 members (excludes halogenated alkanes) is 4. The van der Waals surface area contributed by atoms with E-state index in [9.17, 15) is 9.59 Å². The minimum atomic E-state index is -0.675. The zero-order valence-electron chi connectivity index (χ0n) is 17.1. The predicted octanol–water partition coefficient (Wildman–Crippen LogP) is 6.13. The molecule has 4 nitrogen and oxygen atoms in total. The van der Waals surface area contributed by atoms with Gasteiger partial charge in [-0.3, -0.25) is 9.59 Å². The molecular formula is C20H40CuO4. The summed E-state index contributed by atoms with van der Waals surface area (Å²) in [6.45, 7) is 13.3. The maximum absolute atomic E-state index is 10.2. The molecule has 0 aromatic heterocycles. The summed E-state index contributed by atoms with van der Waals surface area (Å²) >= 11 is 0. The number of carboxylic acids is 2. The SMILES string of the molecule is CC(C)(C)CCCCCC(=O)O.CC(C)(C)CCCCCC(=O)O.[Cu]. The number of aliphatic carboxylic acids is 2. The maximum Gasteiger partial charge on any atom is 0.303 e. The minimum absolute atomic E-state index is 0. The molecule has 0 spiro atoms. The second-order valence-corrected chi connectivity index (χ2v) is 9.03. The van der Waals surface area contributed by atoms with Crippen molar-refractivity contribution in [2.75, 3.05) is 0 Å². The Kier molecular flexibility index (Phi) is 18.4. The van der Waals surface area contributed by atoms with Crippen LogP contribution in [0.2, 0.25) is 0 Å². The molecule has 155 valence electrons. The van der Waals surface area contributed by atoms with E-state index >= 15 is 0 Å². The predicted molar refractivity (Wildman–Crippen MR) is 100 cm³/mol. The number of carboxylic acid groups (broad SMARTS) is 2. The first kappa shape index (κ1) is 29.2. The van der Waals surface area contributed by atoms with Gasteiger partial charge in [0, 0.05) is 29.9 Å². The normalized spacial score (nSPS) is 11.1. The summed E-state index contributed by atoms with van der Waals surface area (Å²) in [4.78, 5) is 20.3. The van der Waals surface area contributed by atoms with Gasteiger partial charge >= 0.3 is 11.9 Å². The van der Waals surface area contributed by atoms with E-state index in [1.165, 1.54) is 12.8 Å². The molecule has 0 aliphatic carbocycles. The first-order valence-corrected chi connectivity index (χ1v) is 9.27. The zero-order valence-corrected chi connectivity index (χ0v) is 18.0. The summed E-state index contributed by atoms with van der Waals surface area (Å²) in [5.74, 6) is -1.35. The average Bonchev–Trinajstić information content (AvgIpc) is 2.35. The third-order valence-corrected chi connectivity index (χ3v) is 3.63. The fraction of sp³-hybridized carbons (Fsp3) is 0.900. The Morgan fingerprint density at radius 3 is 1.08 bits per heavy atom. The van der Waals surface area contributed by atoms with E-state index in [1.807, 2.05) is 0 Å². The first-order valence-electron chi connectivity index (χ1n) is 9.27. The van der Waals surface area contributed by atoms with E-state index in [4.69, 9.17) is 10.2 Å². The Labute approximate surface area is 165 Å². The van der Waals surface area contributed by atoms with Gasteiger partial charge in [-0.1, -0.05) is 67.2 Å². The van der Waals surface area contributed by atoms with E-state index in [2.05, 4.69) is 41.5 Å². The van der Waals surface area contributed by atoms with Gasteiger partial charge in [0.2, 0.25) is 0 Å². The van der Waals surface area contributed by atoms with Crippen LogP contribution in [0.1, 0.15) is 106 Å². The van der Waals surface area contributed by atoms with Crippen LogP contribution in [0.15, 0.2) is 0 Å². The van der Waals surface area contributed by atoms with Crippen molar-refractivity contribution in [3.05, 3.63) is 0 Å². The molecule has 0 heterocycles. The summed E-state index contributed by atoms with van der Waals surface area (Å²) in [5, 5.41) is 16.7. The van der Waals surface area contributed by atoms with E-state index in [-0.39, 0.29) is 17.1 Å².